The Morgan fingerprint density at radius 3 is 2.21 bits per heavy atom. The van der Waals surface area contributed by atoms with Gasteiger partial charge < -0.3 is 14.6 Å². The summed E-state index contributed by atoms with van der Waals surface area (Å²) in [6, 6.07) is 9.29. The van der Waals surface area contributed by atoms with E-state index in [1.807, 2.05) is 0 Å². The number of ether oxygens (including phenoxy) is 2. The Bertz CT molecular complexity index is 1100. The molecule has 1 amide bonds. The third-order valence-electron chi connectivity index (χ3n) is 4.97. The van der Waals surface area contributed by atoms with Crippen LogP contribution in [0.4, 0.5) is 28.0 Å². The van der Waals surface area contributed by atoms with Crippen LogP contribution in [0.1, 0.15) is 12.8 Å². The SMILES string of the molecule is CN(C(=O)OC1(O)CCN(S(=O)(=O)c2ccccc2F)CC1)c1ccc(OC(F)(F)F)cc1. The van der Waals surface area contributed by atoms with Crippen LogP contribution in [0.5, 0.6) is 5.75 Å². The number of rotatable bonds is 5. The van der Waals surface area contributed by atoms with E-state index in [0.29, 0.717) is 0 Å². The number of amides is 1. The van der Waals surface area contributed by atoms with Gasteiger partial charge in [0.05, 0.1) is 0 Å². The molecule has 1 N–H and O–H groups in total. The summed E-state index contributed by atoms with van der Waals surface area (Å²) in [6.07, 6.45) is -6.39. The molecule has 0 aliphatic carbocycles. The topological polar surface area (TPSA) is 96.4 Å². The Balaban J connectivity index is 1.61. The minimum absolute atomic E-state index is 0.165. The molecule has 1 aliphatic rings. The van der Waals surface area contributed by atoms with Crippen molar-refractivity contribution >= 4 is 21.8 Å². The molecule has 0 saturated carbocycles. The number of halogens is 4. The van der Waals surface area contributed by atoms with Gasteiger partial charge in [-0.25, -0.2) is 17.6 Å². The first-order valence-corrected chi connectivity index (χ1v) is 11.0. The summed E-state index contributed by atoms with van der Waals surface area (Å²) >= 11 is 0. The van der Waals surface area contributed by atoms with Crippen LogP contribution in [0, 0.1) is 5.82 Å². The van der Waals surface area contributed by atoms with Gasteiger partial charge in [0, 0.05) is 38.7 Å². The first-order valence-electron chi connectivity index (χ1n) is 9.60. The normalized spacial score (nSPS) is 16.8. The highest BCUT2D eigenvalue weighted by Crippen LogP contribution is 2.30. The average Bonchev–Trinajstić information content (AvgIpc) is 2.73. The highest BCUT2D eigenvalue weighted by molar-refractivity contribution is 7.89. The molecule has 0 atom stereocenters. The second-order valence-corrected chi connectivity index (χ2v) is 9.16. The Morgan fingerprint density at radius 1 is 1.09 bits per heavy atom. The third kappa shape index (κ3) is 5.92. The van der Waals surface area contributed by atoms with Crippen LogP contribution in [0.2, 0.25) is 0 Å². The second kappa shape index (κ2) is 9.15. The van der Waals surface area contributed by atoms with Crippen LogP contribution in [0.15, 0.2) is 53.4 Å². The van der Waals surface area contributed by atoms with E-state index in [1.165, 1.54) is 31.3 Å². The molecule has 0 unspecified atom stereocenters. The molecule has 1 saturated heterocycles. The number of carbonyl (C=O) groups excluding carboxylic acids is 1. The zero-order valence-corrected chi connectivity index (χ0v) is 18.1. The van der Waals surface area contributed by atoms with Crippen LogP contribution in [0.25, 0.3) is 0 Å². The molecule has 1 fully saturated rings. The smallest absolute Gasteiger partial charge is 0.417 e. The van der Waals surface area contributed by atoms with E-state index in [0.717, 1.165) is 33.5 Å². The molecule has 2 aromatic rings. The Kier molecular flexibility index (Phi) is 6.86. The van der Waals surface area contributed by atoms with Crippen molar-refractivity contribution in [1.82, 2.24) is 4.31 Å². The van der Waals surface area contributed by atoms with Crippen molar-refractivity contribution in [2.45, 2.75) is 29.9 Å². The lowest BCUT2D eigenvalue weighted by Gasteiger charge is -2.37. The largest absolute Gasteiger partial charge is 0.573 e. The molecule has 0 aromatic heterocycles. The van der Waals surface area contributed by atoms with E-state index in [4.69, 9.17) is 4.74 Å². The van der Waals surface area contributed by atoms with E-state index in [2.05, 4.69) is 4.74 Å². The van der Waals surface area contributed by atoms with E-state index >= 15 is 0 Å². The Morgan fingerprint density at radius 2 is 1.67 bits per heavy atom. The van der Waals surface area contributed by atoms with E-state index < -0.39 is 44.7 Å². The van der Waals surface area contributed by atoms with E-state index in [-0.39, 0.29) is 31.6 Å². The van der Waals surface area contributed by atoms with Crippen molar-refractivity contribution in [1.29, 1.82) is 0 Å². The number of piperidine rings is 1. The fourth-order valence-corrected chi connectivity index (χ4v) is 4.69. The molecule has 1 aliphatic heterocycles. The van der Waals surface area contributed by atoms with Crippen molar-refractivity contribution in [3.8, 4) is 5.75 Å². The number of carbonyl (C=O) groups is 1. The van der Waals surface area contributed by atoms with Gasteiger partial charge in [0.1, 0.15) is 16.5 Å². The van der Waals surface area contributed by atoms with Crippen LogP contribution in [0.3, 0.4) is 0 Å². The fourth-order valence-electron chi connectivity index (χ4n) is 3.18. The average molecular weight is 492 g/mol. The molecule has 0 radical (unpaired) electrons. The molecule has 0 bridgehead atoms. The minimum Gasteiger partial charge on any atom is -0.417 e. The van der Waals surface area contributed by atoms with Gasteiger partial charge in [-0.2, -0.15) is 4.31 Å². The van der Waals surface area contributed by atoms with Crippen molar-refractivity contribution in [2.75, 3.05) is 25.0 Å². The van der Waals surface area contributed by atoms with Gasteiger partial charge in [0.15, 0.2) is 0 Å². The summed E-state index contributed by atoms with van der Waals surface area (Å²) < 4.78 is 85.9. The van der Waals surface area contributed by atoms with Crippen molar-refractivity contribution in [2.24, 2.45) is 0 Å². The highest BCUT2D eigenvalue weighted by Gasteiger charge is 2.41. The molecule has 2 aromatic carbocycles. The van der Waals surface area contributed by atoms with Crippen molar-refractivity contribution in [3.05, 3.63) is 54.3 Å². The number of anilines is 1. The number of aliphatic hydroxyl groups is 1. The van der Waals surface area contributed by atoms with Crippen LogP contribution in [-0.2, 0) is 14.8 Å². The number of benzene rings is 2. The van der Waals surface area contributed by atoms with Gasteiger partial charge in [0.25, 0.3) is 0 Å². The number of hydrogen-bond acceptors (Lipinski definition) is 6. The summed E-state index contributed by atoms with van der Waals surface area (Å²) in [6.45, 7) is -0.457. The van der Waals surface area contributed by atoms with Gasteiger partial charge in [-0.15, -0.1) is 13.2 Å². The zero-order chi connectivity index (χ0) is 24.4. The lowest BCUT2D eigenvalue weighted by Crippen LogP contribution is -2.50. The Hall–Kier alpha value is -2.90. The number of hydrogen-bond donors (Lipinski definition) is 1. The first-order chi connectivity index (χ1) is 15.3. The summed E-state index contributed by atoms with van der Waals surface area (Å²) in [5.41, 5.74) is 0.165. The maximum atomic E-state index is 13.9. The molecular weight excluding hydrogens is 472 g/mol. The van der Waals surface area contributed by atoms with Gasteiger partial charge >= 0.3 is 12.5 Å². The molecular formula is C20H20F4N2O6S. The predicted octanol–water partition coefficient (Wildman–Crippen LogP) is 3.47. The van der Waals surface area contributed by atoms with Gasteiger partial charge in [0.2, 0.25) is 15.8 Å². The lowest BCUT2D eigenvalue weighted by molar-refractivity contribution is -0.274. The molecule has 180 valence electrons. The van der Waals surface area contributed by atoms with Gasteiger partial charge in [-0.05, 0) is 36.4 Å². The van der Waals surface area contributed by atoms with Gasteiger partial charge in [-0.3, -0.25) is 4.90 Å². The standard InChI is InChI=1S/C20H20F4N2O6S/c1-25(14-6-8-15(9-7-14)31-20(22,23)24)18(27)32-19(28)10-12-26(13-11-19)33(29,30)17-5-3-2-4-16(17)21/h2-9,28H,10-13H2,1H3. The van der Waals surface area contributed by atoms with Crippen LogP contribution < -0.4 is 9.64 Å². The quantitative estimate of drug-likeness (QED) is 0.507. The second-order valence-electron chi connectivity index (χ2n) is 7.25. The van der Waals surface area contributed by atoms with E-state index in [1.54, 1.807) is 0 Å². The summed E-state index contributed by atoms with van der Waals surface area (Å²) in [4.78, 5) is 12.9. The van der Waals surface area contributed by atoms with Crippen LogP contribution >= 0.6 is 0 Å². The number of nitrogens with zero attached hydrogens (tertiary/aromatic N) is 2. The monoisotopic (exact) mass is 492 g/mol. The molecule has 13 heteroatoms. The number of alkyl halides is 3. The molecule has 3 rings (SSSR count). The summed E-state index contributed by atoms with van der Waals surface area (Å²) in [7, 11) is -2.86. The third-order valence-corrected chi connectivity index (χ3v) is 6.90. The fraction of sp³-hybridized carbons (Fsp3) is 0.350. The molecule has 33 heavy (non-hydrogen) atoms. The lowest BCUT2D eigenvalue weighted by atomic mass is 10.1. The highest BCUT2D eigenvalue weighted by atomic mass is 32.2. The maximum absolute atomic E-state index is 13.9. The van der Waals surface area contributed by atoms with Gasteiger partial charge in [-0.1, -0.05) is 12.1 Å². The van der Waals surface area contributed by atoms with Crippen molar-refractivity contribution < 1.29 is 45.4 Å². The van der Waals surface area contributed by atoms with Crippen LogP contribution in [-0.4, -0.2) is 56.2 Å². The summed E-state index contributed by atoms with van der Waals surface area (Å²) in [5, 5.41) is 10.6. The number of sulfonamides is 1. The molecule has 1 heterocycles. The minimum atomic E-state index is -4.86. The van der Waals surface area contributed by atoms with Crippen molar-refractivity contribution in [3.63, 3.8) is 0 Å². The van der Waals surface area contributed by atoms with E-state index in [9.17, 15) is 35.9 Å². The molecule has 0 spiro atoms. The zero-order valence-electron chi connectivity index (χ0n) is 17.3. The predicted molar refractivity (Wildman–Crippen MR) is 107 cm³/mol. The summed E-state index contributed by atoms with van der Waals surface area (Å²) in [5.74, 6) is -3.36. The maximum Gasteiger partial charge on any atom is 0.573 e. The molecule has 8 nitrogen and oxygen atoms in total. The Labute approximate surface area is 187 Å². The first kappa shape index (κ1) is 24.7.